The molecule has 0 aromatic heterocycles. The molecule has 2 rings (SSSR count). The number of benzene rings is 1. The van der Waals surface area contributed by atoms with E-state index < -0.39 is 32.7 Å². The molecule has 0 spiro atoms. The van der Waals surface area contributed by atoms with Gasteiger partial charge in [-0.25, -0.2) is 18.7 Å². The fourth-order valence-electron chi connectivity index (χ4n) is 3.02. The highest BCUT2D eigenvalue weighted by molar-refractivity contribution is 7.92. The normalized spacial score (nSPS) is 18.2. The first-order valence-corrected chi connectivity index (χ1v) is 11.3. The lowest BCUT2D eigenvalue weighted by atomic mass is 10.0. The van der Waals surface area contributed by atoms with Crippen molar-refractivity contribution in [3.05, 3.63) is 29.8 Å². The van der Waals surface area contributed by atoms with Gasteiger partial charge in [0, 0.05) is 37.0 Å². The van der Waals surface area contributed by atoms with Crippen LogP contribution in [-0.2, 0) is 19.4 Å². The fourth-order valence-corrected chi connectivity index (χ4v) is 3.89. The number of hydrogen-bond acceptors (Lipinski definition) is 7. The number of hydrogen-bond donors (Lipinski definition) is 3. The van der Waals surface area contributed by atoms with Gasteiger partial charge in [-0.3, -0.25) is 14.9 Å². The molecule has 10 heteroatoms. The molecule has 0 saturated carbocycles. The van der Waals surface area contributed by atoms with Crippen LogP contribution in [-0.4, -0.2) is 61.0 Å². The third-order valence-electron chi connectivity index (χ3n) is 5.01. The molecule has 2 amide bonds. The van der Waals surface area contributed by atoms with Crippen molar-refractivity contribution >= 4 is 27.5 Å². The van der Waals surface area contributed by atoms with E-state index in [1.165, 1.54) is 17.3 Å². The van der Waals surface area contributed by atoms with E-state index >= 15 is 0 Å². The van der Waals surface area contributed by atoms with Crippen LogP contribution in [0, 0.1) is 11.8 Å². The smallest absolute Gasteiger partial charge is 0.414 e. The summed E-state index contributed by atoms with van der Waals surface area (Å²) in [6.07, 6.45) is 1.32. The van der Waals surface area contributed by atoms with Gasteiger partial charge in [-0.2, -0.15) is 0 Å². The monoisotopic (exact) mass is 438 g/mol. The number of nitrogens with one attached hydrogen (secondary N) is 1. The highest BCUT2D eigenvalue weighted by Crippen LogP contribution is 2.30. The van der Waals surface area contributed by atoms with Crippen LogP contribution in [0.5, 0.6) is 0 Å². The maximum Gasteiger partial charge on any atom is 0.414 e. The van der Waals surface area contributed by atoms with E-state index in [4.69, 9.17) is 15.1 Å². The highest BCUT2D eigenvalue weighted by Gasteiger charge is 2.48. The van der Waals surface area contributed by atoms with E-state index in [0.717, 1.165) is 18.2 Å². The Bertz CT molecular complexity index is 934. The quantitative estimate of drug-likeness (QED) is 0.241. The van der Waals surface area contributed by atoms with Gasteiger partial charge in [0.2, 0.25) is 0 Å². The summed E-state index contributed by atoms with van der Waals surface area (Å²) >= 11 is 0. The molecule has 2 atom stereocenters. The Balaban J connectivity index is 2.07. The summed E-state index contributed by atoms with van der Waals surface area (Å²) in [5, 5.41) is 17.7. The Kier molecular flexibility index (Phi) is 7.83. The molecule has 1 aliphatic rings. The Labute approximate surface area is 175 Å². The zero-order valence-electron chi connectivity index (χ0n) is 16.9. The maximum absolute atomic E-state index is 12.3. The molecule has 0 aliphatic carbocycles. The lowest BCUT2D eigenvalue weighted by Gasteiger charge is -2.26. The van der Waals surface area contributed by atoms with E-state index in [-0.39, 0.29) is 19.6 Å². The van der Waals surface area contributed by atoms with Crippen LogP contribution in [0.25, 0.3) is 0 Å². The summed E-state index contributed by atoms with van der Waals surface area (Å²) in [5.74, 6) is 4.94. The number of amides is 2. The van der Waals surface area contributed by atoms with Gasteiger partial charge in [-0.1, -0.05) is 11.8 Å². The summed E-state index contributed by atoms with van der Waals surface area (Å²) in [7, 11) is -3.89. The second-order valence-corrected chi connectivity index (χ2v) is 9.74. The Hall–Kier alpha value is -2.61. The zero-order chi connectivity index (χ0) is 22.4. The number of aliphatic hydroxyl groups excluding tert-OH is 1. The molecule has 164 valence electrons. The largest absolute Gasteiger partial charge is 0.444 e. The summed E-state index contributed by atoms with van der Waals surface area (Å²) in [4.78, 5) is 25.6. The molecular weight excluding hydrogens is 412 g/mol. The van der Waals surface area contributed by atoms with E-state index in [1.54, 1.807) is 24.3 Å². The van der Waals surface area contributed by atoms with E-state index in [0.29, 0.717) is 18.5 Å². The standard InChI is InChI=1S/C20H26N2O7S/c1-20(18(24)21-26,30(2,27)28)13-17-14-22(19(25)29-17)16-10-8-15(9-11-16)7-5-3-4-6-12-23/h8-11,17,23,26H,3-4,6,12-14H2,1-2H3,(H,21,24)/t17-,20+/m0/s1. The van der Waals surface area contributed by atoms with Gasteiger partial charge in [0.1, 0.15) is 6.10 Å². The molecule has 1 fully saturated rings. The molecule has 1 aromatic rings. The zero-order valence-corrected chi connectivity index (χ0v) is 17.7. The minimum atomic E-state index is -3.89. The van der Waals surface area contributed by atoms with Gasteiger partial charge in [0.15, 0.2) is 14.6 Å². The van der Waals surface area contributed by atoms with Gasteiger partial charge in [-0.15, -0.1) is 0 Å². The number of sulfone groups is 1. The third-order valence-corrected chi connectivity index (χ3v) is 7.00. The molecular formula is C20H26N2O7S. The number of nitrogens with zero attached hydrogens (tertiary/aromatic N) is 1. The minimum absolute atomic E-state index is 0.0643. The Morgan fingerprint density at radius 1 is 1.33 bits per heavy atom. The summed E-state index contributed by atoms with van der Waals surface area (Å²) in [6.45, 7) is 1.39. The first-order chi connectivity index (χ1) is 14.1. The van der Waals surface area contributed by atoms with Crippen LogP contribution in [0.4, 0.5) is 10.5 Å². The Morgan fingerprint density at radius 3 is 2.57 bits per heavy atom. The first-order valence-electron chi connectivity index (χ1n) is 9.44. The SMILES string of the molecule is C[C@@](C[C@H]1CN(c2ccc(C#CCCCCO)cc2)C(=O)O1)(C(=O)NO)S(C)(=O)=O. The number of aliphatic hydroxyl groups is 1. The van der Waals surface area contributed by atoms with Crippen LogP contribution in [0.3, 0.4) is 0 Å². The lowest BCUT2D eigenvalue weighted by molar-refractivity contribution is -0.132. The van der Waals surface area contributed by atoms with E-state index in [2.05, 4.69) is 11.8 Å². The van der Waals surface area contributed by atoms with Crippen molar-refractivity contribution in [3.63, 3.8) is 0 Å². The predicted octanol–water partition coefficient (Wildman–Crippen LogP) is 1.22. The van der Waals surface area contributed by atoms with Gasteiger partial charge in [0.05, 0.1) is 6.54 Å². The van der Waals surface area contributed by atoms with Gasteiger partial charge in [-0.05, 0) is 44.0 Å². The fraction of sp³-hybridized carbons (Fsp3) is 0.500. The molecule has 1 heterocycles. The molecule has 30 heavy (non-hydrogen) atoms. The van der Waals surface area contributed by atoms with Gasteiger partial charge < -0.3 is 9.84 Å². The number of anilines is 1. The van der Waals surface area contributed by atoms with Crippen molar-refractivity contribution in [2.24, 2.45) is 0 Å². The van der Waals surface area contributed by atoms with Gasteiger partial charge >= 0.3 is 6.09 Å². The average molecular weight is 439 g/mol. The van der Waals surface area contributed by atoms with Crippen LogP contribution in [0.15, 0.2) is 24.3 Å². The molecule has 1 aliphatic heterocycles. The summed E-state index contributed by atoms with van der Waals surface area (Å²) < 4.78 is 27.5. The third kappa shape index (κ3) is 5.50. The van der Waals surface area contributed by atoms with Crippen molar-refractivity contribution in [3.8, 4) is 11.8 Å². The number of unbranched alkanes of at least 4 members (excludes halogenated alkanes) is 2. The number of ether oxygens (including phenoxy) is 1. The number of rotatable bonds is 8. The van der Waals surface area contributed by atoms with Crippen molar-refractivity contribution in [2.75, 3.05) is 24.3 Å². The predicted molar refractivity (Wildman–Crippen MR) is 110 cm³/mol. The number of carbonyl (C=O) groups is 2. The Morgan fingerprint density at radius 2 is 2.00 bits per heavy atom. The molecule has 0 radical (unpaired) electrons. The molecule has 3 N–H and O–H groups in total. The topological polar surface area (TPSA) is 133 Å². The molecule has 0 unspecified atom stereocenters. The van der Waals surface area contributed by atoms with Crippen LogP contribution < -0.4 is 10.4 Å². The highest BCUT2D eigenvalue weighted by atomic mass is 32.2. The first kappa shape index (κ1) is 23.7. The molecule has 0 bridgehead atoms. The minimum Gasteiger partial charge on any atom is -0.444 e. The lowest BCUT2D eigenvalue weighted by Crippen LogP contribution is -2.51. The van der Waals surface area contributed by atoms with Crippen LogP contribution >= 0.6 is 0 Å². The summed E-state index contributed by atoms with van der Waals surface area (Å²) in [5.41, 5.74) is 2.71. The summed E-state index contributed by atoms with van der Waals surface area (Å²) in [6, 6.07) is 6.93. The van der Waals surface area contributed by atoms with Crippen molar-refractivity contribution < 1.29 is 33.1 Å². The second-order valence-electron chi connectivity index (χ2n) is 7.29. The van der Waals surface area contributed by atoms with E-state index in [1.807, 2.05) is 0 Å². The molecule has 1 saturated heterocycles. The molecule has 9 nitrogen and oxygen atoms in total. The molecule has 1 aromatic carbocycles. The second kappa shape index (κ2) is 9.93. The van der Waals surface area contributed by atoms with Crippen molar-refractivity contribution in [1.29, 1.82) is 0 Å². The van der Waals surface area contributed by atoms with Gasteiger partial charge in [0.25, 0.3) is 5.91 Å². The number of hydroxylamine groups is 1. The van der Waals surface area contributed by atoms with Crippen molar-refractivity contribution in [1.82, 2.24) is 5.48 Å². The number of carbonyl (C=O) groups excluding carboxylic acids is 2. The van der Waals surface area contributed by atoms with E-state index in [9.17, 15) is 18.0 Å². The van der Waals surface area contributed by atoms with Crippen molar-refractivity contribution in [2.45, 2.75) is 43.5 Å². The van der Waals surface area contributed by atoms with Crippen LogP contribution in [0.2, 0.25) is 0 Å². The maximum atomic E-state index is 12.3. The van der Waals surface area contributed by atoms with Crippen LogP contribution in [0.1, 0.15) is 38.2 Å². The number of cyclic esters (lactones) is 1. The average Bonchev–Trinajstić information content (AvgIpc) is 3.06.